The van der Waals surface area contributed by atoms with Crippen LogP contribution in [-0.2, 0) is 30.9 Å². The SMILES string of the molecule is COc1ccc2c3c1O[C@H]1[C@@H]4CO[C@]4(COS(=O)(=O)c4ccc(C)cc4)C[C@H]4[C@@H](C2)N(C)CC[C@@]341. The van der Waals surface area contributed by atoms with Crippen LogP contribution in [0.2, 0.25) is 0 Å². The monoisotopic (exact) mass is 497 g/mol. The summed E-state index contributed by atoms with van der Waals surface area (Å²) in [5.41, 5.74) is 2.96. The fraction of sp³-hybridized carbons (Fsp3) is 0.556. The zero-order valence-corrected chi connectivity index (χ0v) is 21.1. The second-order valence-corrected chi connectivity index (χ2v) is 12.6. The maximum Gasteiger partial charge on any atom is 0.297 e. The standard InChI is InChI=1S/C27H31NO6S/c1-16-4-7-18(8-5-16)35(29,30)33-15-26-13-19-21-12-17-6-9-22(31-3)24-23(17)27(19,10-11-28(21)2)25(34-24)20(26)14-32-26/h4-9,19-21,25H,10-15H2,1-3H3/t19-,20-,21+,25-,26-,27-/m0/s1. The number of hydrogen-bond donors (Lipinski definition) is 0. The Morgan fingerprint density at radius 1 is 1.14 bits per heavy atom. The number of fused-ring (bicyclic) bond motifs is 2. The van der Waals surface area contributed by atoms with Crippen molar-refractivity contribution in [3.8, 4) is 11.5 Å². The average molecular weight is 498 g/mol. The summed E-state index contributed by atoms with van der Waals surface area (Å²) in [4.78, 5) is 2.64. The highest BCUT2D eigenvalue weighted by molar-refractivity contribution is 7.86. The third-order valence-corrected chi connectivity index (χ3v) is 10.8. The molecule has 7 nitrogen and oxygen atoms in total. The molecule has 2 bridgehead atoms. The Labute approximate surface area is 206 Å². The first-order chi connectivity index (χ1) is 16.8. The summed E-state index contributed by atoms with van der Waals surface area (Å²) < 4.78 is 50.5. The number of hydrogen-bond acceptors (Lipinski definition) is 7. The van der Waals surface area contributed by atoms with Gasteiger partial charge in [0.2, 0.25) is 0 Å². The fourth-order valence-electron chi connectivity index (χ4n) is 7.77. The van der Waals surface area contributed by atoms with Crippen LogP contribution in [0, 0.1) is 18.8 Å². The van der Waals surface area contributed by atoms with Crippen LogP contribution in [0.1, 0.15) is 29.5 Å². The maximum absolute atomic E-state index is 13.0. The molecule has 1 saturated carbocycles. The van der Waals surface area contributed by atoms with Crippen LogP contribution in [0.15, 0.2) is 41.3 Å². The van der Waals surface area contributed by atoms with Crippen LogP contribution >= 0.6 is 0 Å². The van der Waals surface area contributed by atoms with Crippen LogP contribution < -0.4 is 9.47 Å². The molecule has 3 aliphatic heterocycles. The van der Waals surface area contributed by atoms with Crippen LogP contribution in [0.5, 0.6) is 11.5 Å². The summed E-state index contributed by atoms with van der Waals surface area (Å²) in [7, 11) is 0.0138. The Morgan fingerprint density at radius 2 is 1.94 bits per heavy atom. The number of nitrogens with zero attached hydrogens (tertiary/aromatic N) is 1. The van der Waals surface area contributed by atoms with Crippen LogP contribution in [-0.4, -0.2) is 65.0 Å². The predicted molar refractivity (Wildman–Crippen MR) is 128 cm³/mol. The number of benzene rings is 2. The molecule has 8 heteroatoms. The normalized spacial score (nSPS) is 36.5. The summed E-state index contributed by atoms with van der Waals surface area (Å²) in [5.74, 6) is 2.04. The van der Waals surface area contributed by atoms with Crippen molar-refractivity contribution in [2.24, 2.45) is 11.8 Å². The van der Waals surface area contributed by atoms with Crippen LogP contribution in [0.3, 0.4) is 0 Å². The lowest BCUT2D eigenvalue weighted by Crippen LogP contribution is -2.76. The number of aryl methyl sites for hydroxylation is 1. The van der Waals surface area contributed by atoms with Crippen molar-refractivity contribution in [2.45, 2.75) is 54.2 Å². The molecule has 3 fully saturated rings. The van der Waals surface area contributed by atoms with Gasteiger partial charge in [0, 0.05) is 17.0 Å². The Hall–Kier alpha value is -2.13. The molecule has 0 N–H and O–H groups in total. The van der Waals surface area contributed by atoms with E-state index < -0.39 is 15.7 Å². The van der Waals surface area contributed by atoms with E-state index in [0.717, 1.165) is 42.9 Å². The lowest BCUT2D eigenvalue weighted by molar-refractivity contribution is -0.291. The van der Waals surface area contributed by atoms with E-state index in [9.17, 15) is 8.42 Å². The molecule has 6 atom stereocenters. The molecule has 35 heavy (non-hydrogen) atoms. The molecule has 0 amide bonds. The predicted octanol–water partition coefficient (Wildman–Crippen LogP) is 3.07. The second-order valence-electron chi connectivity index (χ2n) is 11.0. The van der Waals surface area contributed by atoms with E-state index in [2.05, 4.69) is 18.0 Å². The first kappa shape index (κ1) is 22.1. The van der Waals surface area contributed by atoms with Gasteiger partial charge in [0.25, 0.3) is 10.1 Å². The number of piperidine rings is 1. The molecule has 186 valence electrons. The van der Waals surface area contributed by atoms with Crippen molar-refractivity contribution in [2.75, 3.05) is 33.9 Å². The van der Waals surface area contributed by atoms with Gasteiger partial charge in [-0.1, -0.05) is 23.8 Å². The summed E-state index contributed by atoms with van der Waals surface area (Å²) in [6.07, 6.45) is 2.68. The van der Waals surface area contributed by atoms with Crippen molar-refractivity contribution in [3.05, 3.63) is 53.1 Å². The van der Waals surface area contributed by atoms with Gasteiger partial charge in [-0.05, 0) is 69.5 Å². The van der Waals surface area contributed by atoms with E-state index in [1.165, 1.54) is 11.1 Å². The van der Waals surface area contributed by atoms with Crippen molar-refractivity contribution in [3.63, 3.8) is 0 Å². The minimum absolute atomic E-state index is 0.0110. The minimum atomic E-state index is -3.89. The van der Waals surface area contributed by atoms with Gasteiger partial charge < -0.3 is 19.1 Å². The average Bonchev–Trinajstić information content (AvgIpc) is 3.15. The molecule has 2 aromatic rings. The number of ether oxygens (including phenoxy) is 3. The summed E-state index contributed by atoms with van der Waals surface area (Å²) in [5, 5.41) is 0. The van der Waals surface area contributed by atoms with Gasteiger partial charge in [-0.2, -0.15) is 8.42 Å². The zero-order chi connectivity index (χ0) is 24.2. The summed E-state index contributed by atoms with van der Waals surface area (Å²) in [6.45, 7) is 3.52. The first-order valence-corrected chi connectivity index (χ1v) is 13.9. The quantitative estimate of drug-likeness (QED) is 0.588. The van der Waals surface area contributed by atoms with Crippen molar-refractivity contribution in [1.29, 1.82) is 0 Å². The van der Waals surface area contributed by atoms with Gasteiger partial charge in [-0.15, -0.1) is 0 Å². The van der Waals surface area contributed by atoms with Gasteiger partial charge in [0.15, 0.2) is 11.5 Å². The third kappa shape index (κ3) is 2.79. The van der Waals surface area contributed by atoms with Gasteiger partial charge in [0.1, 0.15) is 11.7 Å². The molecule has 2 aliphatic carbocycles. The highest BCUT2D eigenvalue weighted by atomic mass is 32.2. The molecule has 0 unspecified atom stereocenters. The Kier molecular flexibility index (Phi) is 4.56. The van der Waals surface area contributed by atoms with E-state index in [1.54, 1.807) is 31.4 Å². The smallest absolute Gasteiger partial charge is 0.297 e. The van der Waals surface area contributed by atoms with Crippen LogP contribution in [0.4, 0.5) is 0 Å². The van der Waals surface area contributed by atoms with Crippen LogP contribution in [0.25, 0.3) is 0 Å². The maximum atomic E-state index is 13.0. The van der Waals surface area contributed by atoms with Gasteiger partial charge >= 0.3 is 0 Å². The molecule has 5 aliphatic rings. The van der Waals surface area contributed by atoms with E-state index in [4.69, 9.17) is 18.4 Å². The minimum Gasteiger partial charge on any atom is -0.493 e. The highest BCUT2D eigenvalue weighted by Crippen LogP contribution is 2.68. The molecule has 0 aromatic heterocycles. The van der Waals surface area contributed by atoms with E-state index in [-0.39, 0.29) is 28.9 Å². The van der Waals surface area contributed by atoms with E-state index in [1.807, 2.05) is 13.0 Å². The Morgan fingerprint density at radius 3 is 2.66 bits per heavy atom. The molecular weight excluding hydrogens is 466 g/mol. The fourth-order valence-corrected chi connectivity index (χ4v) is 8.73. The molecule has 0 radical (unpaired) electrons. The second kappa shape index (κ2) is 7.22. The van der Waals surface area contributed by atoms with Crippen molar-refractivity contribution < 1.29 is 26.8 Å². The summed E-state index contributed by atoms with van der Waals surface area (Å²) >= 11 is 0. The van der Waals surface area contributed by atoms with Crippen molar-refractivity contribution >= 4 is 10.1 Å². The largest absolute Gasteiger partial charge is 0.493 e. The molecule has 3 heterocycles. The Bertz CT molecular complexity index is 1310. The molecule has 1 spiro atoms. The van der Waals surface area contributed by atoms with Crippen molar-refractivity contribution in [1.82, 2.24) is 4.90 Å². The lowest BCUT2D eigenvalue weighted by atomic mass is 9.46. The van der Waals surface area contributed by atoms with E-state index in [0.29, 0.717) is 18.6 Å². The van der Waals surface area contributed by atoms with Gasteiger partial charge in [-0.25, -0.2) is 0 Å². The number of likely N-dealkylation sites (tertiary alicyclic amines) is 1. The number of rotatable bonds is 5. The molecule has 2 saturated heterocycles. The lowest BCUT2D eigenvalue weighted by Gasteiger charge is -2.66. The first-order valence-electron chi connectivity index (χ1n) is 12.5. The van der Waals surface area contributed by atoms with Gasteiger partial charge in [-0.3, -0.25) is 4.18 Å². The van der Waals surface area contributed by atoms with Gasteiger partial charge in [0.05, 0.1) is 31.1 Å². The molecule has 7 rings (SSSR count). The number of likely N-dealkylation sites (N-methyl/N-ethyl adjacent to an activating group) is 1. The third-order valence-electron chi connectivity index (χ3n) is 9.57. The summed E-state index contributed by atoms with van der Waals surface area (Å²) in [6, 6.07) is 11.4. The highest BCUT2D eigenvalue weighted by Gasteiger charge is 2.73. The Balaban J connectivity index is 1.27. The molecule has 2 aromatic carbocycles. The number of methoxy groups -OCH3 is 1. The topological polar surface area (TPSA) is 74.3 Å². The molecular formula is C27H31NO6S. The zero-order valence-electron chi connectivity index (χ0n) is 20.3. The van der Waals surface area contributed by atoms with E-state index >= 15 is 0 Å².